The molecule has 0 bridgehead atoms. The number of nitrogens with one attached hydrogen (secondary N) is 1. The van der Waals surface area contributed by atoms with Gasteiger partial charge in [0.1, 0.15) is 0 Å². The number of aromatic nitrogens is 1. The van der Waals surface area contributed by atoms with Crippen molar-refractivity contribution in [2.45, 2.75) is 38.3 Å². The number of hydrogen-bond donors (Lipinski definition) is 2. The fourth-order valence-electron chi connectivity index (χ4n) is 3.16. The molecule has 0 aliphatic carbocycles. The van der Waals surface area contributed by atoms with E-state index in [1.807, 2.05) is 24.5 Å². The summed E-state index contributed by atoms with van der Waals surface area (Å²) in [5.41, 5.74) is 7.58. The van der Waals surface area contributed by atoms with E-state index in [-0.39, 0.29) is 23.9 Å². The lowest BCUT2D eigenvalue weighted by Gasteiger charge is -2.39. The molecule has 0 radical (unpaired) electrons. The number of hydrogen-bond acceptors (Lipinski definition) is 4. The molecule has 5 heteroatoms. The molecule has 1 aromatic rings. The van der Waals surface area contributed by atoms with Gasteiger partial charge >= 0.3 is 0 Å². The molecule has 1 aromatic heterocycles. The quantitative estimate of drug-likeness (QED) is 0.858. The predicted octanol–water partition coefficient (Wildman–Crippen LogP) is 1.32. The van der Waals surface area contributed by atoms with Crippen LogP contribution in [0.4, 0.5) is 0 Å². The highest BCUT2D eigenvalue weighted by molar-refractivity contribution is 5.78. The van der Waals surface area contributed by atoms with Gasteiger partial charge in [0.25, 0.3) is 0 Å². The number of piperidine rings is 1. The summed E-state index contributed by atoms with van der Waals surface area (Å²) in [6.07, 6.45) is 6.38. The van der Waals surface area contributed by atoms with Crippen LogP contribution in [0.25, 0.3) is 0 Å². The average Bonchev–Trinajstić information content (AvgIpc) is 2.55. The van der Waals surface area contributed by atoms with E-state index in [2.05, 4.69) is 22.1 Å². The van der Waals surface area contributed by atoms with E-state index in [1.54, 1.807) is 7.05 Å². The van der Waals surface area contributed by atoms with Crippen LogP contribution in [-0.2, 0) is 4.79 Å². The van der Waals surface area contributed by atoms with E-state index in [0.717, 1.165) is 32.4 Å². The maximum atomic E-state index is 11.7. The van der Waals surface area contributed by atoms with Crippen molar-refractivity contribution in [3.05, 3.63) is 30.1 Å². The molecular formula is C16H26N4O. The molecule has 0 saturated carbocycles. The van der Waals surface area contributed by atoms with Crippen molar-refractivity contribution in [2.24, 2.45) is 11.7 Å². The Balaban J connectivity index is 2.08. The number of carbonyl (C=O) groups excluding carboxylic acids is 1. The topological polar surface area (TPSA) is 71.2 Å². The molecule has 1 saturated heterocycles. The highest BCUT2D eigenvalue weighted by atomic mass is 16.1. The van der Waals surface area contributed by atoms with E-state index in [4.69, 9.17) is 5.73 Å². The molecule has 2 unspecified atom stereocenters. The number of nitrogens with two attached hydrogens (primary N) is 1. The van der Waals surface area contributed by atoms with Crippen LogP contribution in [-0.4, -0.2) is 42.0 Å². The minimum absolute atomic E-state index is 0.101. The van der Waals surface area contributed by atoms with Crippen LogP contribution in [0.1, 0.15) is 37.8 Å². The SMILES string of the molecule is CCC(N)C(c1ccncc1)N1CCC(C(=O)NC)CC1. The number of rotatable bonds is 5. The minimum Gasteiger partial charge on any atom is -0.359 e. The van der Waals surface area contributed by atoms with Crippen LogP contribution in [0.3, 0.4) is 0 Å². The minimum atomic E-state index is 0.101. The van der Waals surface area contributed by atoms with E-state index in [9.17, 15) is 4.79 Å². The van der Waals surface area contributed by atoms with Gasteiger partial charge in [-0.15, -0.1) is 0 Å². The van der Waals surface area contributed by atoms with Crippen molar-refractivity contribution < 1.29 is 4.79 Å². The number of amides is 1. The van der Waals surface area contributed by atoms with Gasteiger partial charge in [0.15, 0.2) is 0 Å². The lowest BCUT2D eigenvalue weighted by Crippen LogP contribution is -2.46. The predicted molar refractivity (Wildman–Crippen MR) is 83.6 cm³/mol. The summed E-state index contributed by atoms with van der Waals surface area (Å²) < 4.78 is 0. The van der Waals surface area contributed by atoms with Gasteiger partial charge in [0.2, 0.25) is 5.91 Å². The smallest absolute Gasteiger partial charge is 0.222 e. The Morgan fingerprint density at radius 2 is 2.05 bits per heavy atom. The number of likely N-dealkylation sites (tertiary alicyclic amines) is 1. The first-order valence-electron chi connectivity index (χ1n) is 7.78. The van der Waals surface area contributed by atoms with Crippen molar-refractivity contribution in [1.82, 2.24) is 15.2 Å². The molecule has 1 aliphatic heterocycles. The monoisotopic (exact) mass is 290 g/mol. The lowest BCUT2D eigenvalue weighted by molar-refractivity contribution is -0.126. The average molecular weight is 290 g/mol. The highest BCUT2D eigenvalue weighted by Gasteiger charge is 2.31. The maximum absolute atomic E-state index is 11.7. The van der Waals surface area contributed by atoms with Crippen molar-refractivity contribution >= 4 is 5.91 Å². The number of carbonyl (C=O) groups is 1. The summed E-state index contributed by atoms with van der Waals surface area (Å²) in [7, 11) is 1.71. The van der Waals surface area contributed by atoms with Gasteiger partial charge < -0.3 is 11.1 Å². The zero-order valence-electron chi connectivity index (χ0n) is 13.0. The van der Waals surface area contributed by atoms with Crippen molar-refractivity contribution in [2.75, 3.05) is 20.1 Å². The second-order valence-electron chi connectivity index (χ2n) is 5.72. The van der Waals surface area contributed by atoms with E-state index < -0.39 is 0 Å². The van der Waals surface area contributed by atoms with Crippen molar-refractivity contribution in [3.8, 4) is 0 Å². The number of nitrogens with zero attached hydrogens (tertiary/aromatic N) is 2. The Morgan fingerprint density at radius 3 is 2.57 bits per heavy atom. The summed E-state index contributed by atoms with van der Waals surface area (Å²) >= 11 is 0. The highest BCUT2D eigenvalue weighted by Crippen LogP contribution is 2.29. The normalized spacial score (nSPS) is 20.0. The molecule has 2 atom stereocenters. The van der Waals surface area contributed by atoms with E-state index in [1.165, 1.54) is 5.56 Å². The molecule has 1 amide bonds. The van der Waals surface area contributed by atoms with Crippen LogP contribution in [0.2, 0.25) is 0 Å². The lowest BCUT2D eigenvalue weighted by atomic mass is 9.91. The van der Waals surface area contributed by atoms with Crippen LogP contribution >= 0.6 is 0 Å². The number of pyridine rings is 1. The Morgan fingerprint density at radius 1 is 1.43 bits per heavy atom. The maximum Gasteiger partial charge on any atom is 0.222 e. The van der Waals surface area contributed by atoms with Crippen LogP contribution < -0.4 is 11.1 Å². The third-order valence-corrected chi connectivity index (χ3v) is 4.46. The first-order valence-corrected chi connectivity index (χ1v) is 7.78. The summed E-state index contributed by atoms with van der Waals surface area (Å²) in [4.78, 5) is 18.3. The van der Waals surface area contributed by atoms with Crippen LogP contribution in [0, 0.1) is 5.92 Å². The molecule has 2 heterocycles. The standard InChI is InChI=1S/C16H26N4O/c1-3-14(17)15(12-4-8-19-9-5-12)20-10-6-13(7-11-20)16(21)18-2/h4-5,8-9,13-15H,3,6-7,10-11,17H2,1-2H3,(H,18,21). The molecular weight excluding hydrogens is 264 g/mol. The first kappa shape index (κ1) is 15.9. The molecule has 2 rings (SSSR count). The van der Waals surface area contributed by atoms with Gasteiger partial charge in [-0.2, -0.15) is 0 Å². The molecule has 116 valence electrons. The molecule has 3 N–H and O–H groups in total. The summed E-state index contributed by atoms with van der Waals surface area (Å²) in [6.45, 7) is 3.95. The second kappa shape index (κ2) is 7.52. The third-order valence-electron chi connectivity index (χ3n) is 4.46. The van der Waals surface area contributed by atoms with Crippen LogP contribution in [0.15, 0.2) is 24.5 Å². The first-order chi connectivity index (χ1) is 10.2. The van der Waals surface area contributed by atoms with E-state index >= 15 is 0 Å². The van der Waals surface area contributed by atoms with E-state index in [0.29, 0.717) is 0 Å². The summed E-state index contributed by atoms with van der Waals surface area (Å²) in [5.74, 6) is 0.303. The Bertz CT molecular complexity index is 443. The molecule has 21 heavy (non-hydrogen) atoms. The van der Waals surface area contributed by atoms with Gasteiger partial charge in [-0.1, -0.05) is 6.92 Å². The zero-order valence-corrected chi connectivity index (χ0v) is 13.0. The molecule has 0 spiro atoms. The molecule has 1 fully saturated rings. The largest absolute Gasteiger partial charge is 0.359 e. The molecule has 0 aromatic carbocycles. The second-order valence-corrected chi connectivity index (χ2v) is 5.72. The fraction of sp³-hybridized carbons (Fsp3) is 0.625. The zero-order chi connectivity index (χ0) is 15.2. The Hall–Kier alpha value is -1.46. The summed E-state index contributed by atoms with van der Waals surface area (Å²) in [5, 5.41) is 2.75. The molecule has 1 aliphatic rings. The van der Waals surface area contributed by atoms with Gasteiger partial charge in [-0.25, -0.2) is 0 Å². The van der Waals surface area contributed by atoms with Gasteiger partial charge in [0, 0.05) is 37.4 Å². The van der Waals surface area contributed by atoms with Gasteiger partial charge in [-0.05, 0) is 50.0 Å². The van der Waals surface area contributed by atoms with Gasteiger partial charge in [0.05, 0.1) is 0 Å². The molecule has 5 nitrogen and oxygen atoms in total. The van der Waals surface area contributed by atoms with Crippen LogP contribution in [0.5, 0.6) is 0 Å². The Kier molecular flexibility index (Phi) is 5.70. The van der Waals surface area contributed by atoms with Gasteiger partial charge in [-0.3, -0.25) is 14.7 Å². The van der Waals surface area contributed by atoms with Crippen molar-refractivity contribution in [1.29, 1.82) is 0 Å². The van der Waals surface area contributed by atoms with Crippen molar-refractivity contribution in [3.63, 3.8) is 0 Å². The third kappa shape index (κ3) is 3.80. The Labute approximate surface area is 126 Å². The fourth-order valence-corrected chi connectivity index (χ4v) is 3.16. The summed E-state index contributed by atoms with van der Waals surface area (Å²) in [6, 6.07) is 4.41.